The van der Waals surface area contributed by atoms with Crippen molar-refractivity contribution in [3.8, 4) is 0 Å². The van der Waals surface area contributed by atoms with Crippen molar-refractivity contribution in [3.63, 3.8) is 0 Å². The van der Waals surface area contributed by atoms with Gasteiger partial charge in [-0.2, -0.15) is 4.31 Å². The van der Waals surface area contributed by atoms with E-state index in [2.05, 4.69) is 5.32 Å². The van der Waals surface area contributed by atoms with Crippen molar-refractivity contribution in [2.24, 2.45) is 0 Å². The predicted octanol–water partition coefficient (Wildman–Crippen LogP) is 4.50. The van der Waals surface area contributed by atoms with Crippen LogP contribution in [0, 0.1) is 6.92 Å². The molecule has 0 spiro atoms. The number of aryl methyl sites for hydroxylation is 2. The van der Waals surface area contributed by atoms with E-state index in [-0.39, 0.29) is 10.8 Å². The molecule has 1 aliphatic heterocycles. The van der Waals surface area contributed by atoms with Crippen LogP contribution in [0.25, 0.3) is 10.8 Å². The van der Waals surface area contributed by atoms with Crippen molar-refractivity contribution in [2.45, 2.75) is 44.0 Å². The predicted molar refractivity (Wildman–Crippen MR) is 120 cm³/mol. The molecule has 0 saturated carbocycles. The Morgan fingerprint density at radius 1 is 1.07 bits per heavy atom. The van der Waals surface area contributed by atoms with Crippen molar-refractivity contribution in [1.82, 2.24) is 4.31 Å². The summed E-state index contributed by atoms with van der Waals surface area (Å²) in [4.78, 5) is 13.3. The number of benzene rings is 3. The van der Waals surface area contributed by atoms with Crippen LogP contribution in [0.4, 0.5) is 5.69 Å². The third kappa shape index (κ3) is 3.73. The highest BCUT2D eigenvalue weighted by molar-refractivity contribution is 7.89. The second-order valence-corrected chi connectivity index (χ2v) is 9.63. The summed E-state index contributed by atoms with van der Waals surface area (Å²) >= 11 is 0. The zero-order valence-electron chi connectivity index (χ0n) is 17.3. The van der Waals surface area contributed by atoms with E-state index in [4.69, 9.17) is 0 Å². The normalized spacial score (nSPS) is 17.3. The Morgan fingerprint density at radius 2 is 1.83 bits per heavy atom. The van der Waals surface area contributed by atoms with Crippen LogP contribution in [-0.4, -0.2) is 31.2 Å². The van der Waals surface area contributed by atoms with Crippen molar-refractivity contribution >= 4 is 32.4 Å². The number of carbonyl (C=O) groups excluding carboxylic acids is 1. The molecule has 3 aromatic rings. The van der Waals surface area contributed by atoms with Gasteiger partial charge in [0.05, 0.1) is 4.90 Å². The number of carbonyl (C=O) groups is 1. The molecule has 4 rings (SSSR count). The highest BCUT2D eigenvalue weighted by Gasteiger charge is 2.39. The Hall–Kier alpha value is -2.70. The summed E-state index contributed by atoms with van der Waals surface area (Å²) in [6.07, 6.45) is 1.98. The van der Waals surface area contributed by atoms with Gasteiger partial charge in [0.25, 0.3) is 0 Å². The quantitative estimate of drug-likeness (QED) is 0.658. The maximum absolute atomic E-state index is 13.4. The number of hydrogen-bond donors (Lipinski definition) is 1. The van der Waals surface area contributed by atoms with E-state index in [1.165, 1.54) is 4.31 Å². The number of para-hydroxylation sites is 1. The Balaban J connectivity index is 1.63. The molecule has 30 heavy (non-hydrogen) atoms. The lowest BCUT2D eigenvalue weighted by atomic mass is 10.1. The monoisotopic (exact) mass is 422 g/mol. The molecule has 1 aliphatic rings. The van der Waals surface area contributed by atoms with Crippen LogP contribution >= 0.6 is 0 Å². The molecule has 1 atom stereocenters. The van der Waals surface area contributed by atoms with Gasteiger partial charge in [-0.1, -0.05) is 55.5 Å². The Kier molecular flexibility index (Phi) is 5.62. The van der Waals surface area contributed by atoms with Crippen LogP contribution in [0.5, 0.6) is 0 Å². The van der Waals surface area contributed by atoms with Gasteiger partial charge >= 0.3 is 0 Å². The minimum Gasteiger partial charge on any atom is -0.324 e. The van der Waals surface area contributed by atoms with Crippen LogP contribution in [-0.2, 0) is 21.2 Å². The molecule has 1 saturated heterocycles. The van der Waals surface area contributed by atoms with E-state index in [1.54, 1.807) is 12.1 Å². The fraction of sp³-hybridized carbons (Fsp3) is 0.292. The van der Waals surface area contributed by atoms with Gasteiger partial charge in [-0.3, -0.25) is 4.79 Å². The molecule has 6 heteroatoms. The number of sulfonamides is 1. The van der Waals surface area contributed by atoms with E-state index in [0.29, 0.717) is 19.4 Å². The van der Waals surface area contributed by atoms with Gasteiger partial charge in [0, 0.05) is 12.2 Å². The summed E-state index contributed by atoms with van der Waals surface area (Å²) in [6, 6.07) is 18.0. The molecule has 1 heterocycles. The summed E-state index contributed by atoms with van der Waals surface area (Å²) in [6.45, 7) is 4.34. The maximum atomic E-state index is 13.4. The largest absolute Gasteiger partial charge is 0.324 e. The molecule has 0 aromatic heterocycles. The number of amides is 1. The summed E-state index contributed by atoms with van der Waals surface area (Å²) < 4.78 is 28.1. The van der Waals surface area contributed by atoms with E-state index < -0.39 is 16.1 Å². The zero-order chi connectivity index (χ0) is 21.3. The summed E-state index contributed by atoms with van der Waals surface area (Å²) in [5.74, 6) is -0.263. The van der Waals surface area contributed by atoms with Crippen LogP contribution in [0.3, 0.4) is 0 Å². The van der Waals surface area contributed by atoms with Crippen molar-refractivity contribution in [2.75, 3.05) is 11.9 Å². The lowest BCUT2D eigenvalue weighted by molar-refractivity contribution is -0.119. The number of rotatable bonds is 5. The topological polar surface area (TPSA) is 66.5 Å². The van der Waals surface area contributed by atoms with Crippen LogP contribution < -0.4 is 5.32 Å². The molecular formula is C24H26N2O3S. The molecule has 3 aromatic carbocycles. The van der Waals surface area contributed by atoms with E-state index in [1.807, 2.05) is 62.4 Å². The van der Waals surface area contributed by atoms with Crippen LogP contribution in [0.2, 0.25) is 0 Å². The molecule has 1 amide bonds. The average Bonchev–Trinajstić information content (AvgIpc) is 3.26. The average molecular weight is 423 g/mol. The lowest BCUT2D eigenvalue weighted by Crippen LogP contribution is -2.43. The molecule has 1 N–H and O–H groups in total. The number of anilines is 1. The molecule has 0 unspecified atom stereocenters. The minimum atomic E-state index is -3.77. The third-order valence-corrected chi connectivity index (χ3v) is 7.73. The van der Waals surface area contributed by atoms with Gasteiger partial charge in [0.15, 0.2) is 0 Å². The van der Waals surface area contributed by atoms with Gasteiger partial charge in [-0.05, 0) is 60.2 Å². The SMILES string of the molecule is CCc1cccc(C)c1NC(=O)[C@H]1CCCN1S(=O)(=O)c1ccc2ccccc2c1. The number of hydrogen-bond acceptors (Lipinski definition) is 3. The van der Waals surface area contributed by atoms with Gasteiger partial charge in [0.1, 0.15) is 6.04 Å². The second-order valence-electron chi connectivity index (χ2n) is 7.73. The first-order valence-corrected chi connectivity index (χ1v) is 11.8. The number of nitrogens with zero attached hydrogens (tertiary/aromatic N) is 1. The highest BCUT2D eigenvalue weighted by Crippen LogP contribution is 2.30. The molecule has 5 nitrogen and oxygen atoms in total. The first kappa shape index (κ1) is 20.6. The smallest absolute Gasteiger partial charge is 0.243 e. The minimum absolute atomic E-state index is 0.228. The summed E-state index contributed by atoms with van der Waals surface area (Å²) in [7, 11) is -3.77. The third-order valence-electron chi connectivity index (χ3n) is 5.82. The standard InChI is InChI=1S/C24H26N2O3S/c1-3-18-11-6-8-17(2)23(18)25-24(27)22-12-7-15-26(22)30(28,29)21-14-13-19-9-4-5-10-20(19)16-21/h4-6,8-11,13-14,16,22H,3,7,12,15H2,1-2H3,(H,25,27)/t22-/m1/s1. The van der Waals surface area contributed by atoms with E-state index in [0.717, 1.165) is 34.0 Å². The van der Waals surface area contributed by atoms with Gasteiger partial charge < -0.3 is 5.32 Å². The Labute approximate surface area is 177 Å². The van der Waals surface area contributed by atoms with Crippen molar-refractivity contribution in [1.29, 1.82) is 0 Å². The molecule has 0 aliphatic carbocycles. The number of fused-ring (bicyclic) bond motifs is 1. The fourth-order valence-electron chi connectivity index (χ4n) is 4.16. The van der Waals surface area contributed by atoms with Crippen LogP contribution in [0.15, 0.2) is 65.6 Å². The van der Waals surface area contributed by atoms with Crippen molar-refractivity contribution in [3.05, 3.63) is 71.8 Å². The van der Waals surface area contributed by atoms with Gasteiger partial charge in [-0.15, -0.1) is 0 Å². The molecular weight excluding hydrogens is 396 g/mol. The maximum Gasteiger partial charge on any atom is 0.243 e. The van der Waals surface area contributed by atoms with Gasteiger partial charge in [-0.25, -0.2) is 8.42 Å². The second kappa shape index (κ2) is 8.20. The first-order valence-electron chi connectivity index (χ1n) is 10.3. The number of nitrogens with one attached hydrogen (secondary N) is 1. The molecule has 0 bridgehead atoms. The lowest BCUT2D eigenvalue weighted by Gasteiger charge is -2.24. The highest BCUT2D eigenvalue weighted by atomic mass is 32.2. The summed E-state index contributed by atoms with van der Waals surface area (Å²) in [5.41, 5.74) is 2.81. The van der Waals surface area contributed by atoms with Crippen molar-refractivity contribution < 1.29 is 13.2 Å². The van der Waals surface area contributed by atoms with E-state index >= 15 is 0 Å². The first-order chi connectivity index (χ1) is 14.4. The fourth-order valence-corrected chi connectivity index (χ4v) is 5.85. The molecule has 156 valence electrons. The molecule has 0 radical (unpaired) electrons. The molecule has 1 fully saturated rings. The van der Waals surface area contributed by atoms with E-state index in [9.17, 15) is 13.2 Å². The van der Waals surface area contributed by atoms with Gasteiger partial charge in [0.2, 0.25) is 15.9 Å². The summed E-state index contributed by atoms with van der Waals surface area (Å²) in [5, 5.41) is 4.86. The Bertz CT molecular complexity index is 1200. The van der Waals surface area contributed by atoms with Crippen LogP contribution in [0.1, 0.15) is 30.9 Å². The Morgan fingerprint density at radius 3 is 2.60 bits per heavy atom. The zero-order valence-corrected chi connectivity index (χ0v) is 18.1.